The number of hydrogen-bond acceptors (Lipinski definition) is 3. The molecule has 86 valence electrons. The van der Waals surface area contributed by atoms with E-state index in [1.165, 1.54) is 12.8 Å². The molecular weight excluding hydrogens is 188 g/mol. The van der Waals surface area contributed by atoms with Crippen LogP contribution in [0.2, 0.25) is 0 Å². The van der Waals surface area contributed by atoms with Crippen molar-refractivity contribution in [2.75, 3.05) is 13.1 Å². The molecule has 0 radical (unpaired) electrons. The SMILES string of the molecule is CC(Cc1ccco1)NCCCCCN. The van der Waals surface area contributed by atoms with Crippen LogP contribution in [-0.2, 0) is 6.42 Å². The van der Waals surface area contributed by atoms with E-state index in [-0.39, 0.29) is 0 Å². The second kappa shape index (κ2) is 7.49. The van der Waals surface area contributed by atoms with Gasteiger partial charge in [-0.25, -0.2) is 0 Å². The molecule has 0 aliphatic carbocycles. The van der Waals surface area contributed by atoms with Crippen LogP contribution >= 0.6 is 0 Å². The van der Waals surface area contributed by atoms with Crippen molar-refractivity contribution in [3.05, 3.63) is 24.2 Å². The summed E-state index contributed by atoms with van der Waals surface area (Å²) in [5.74, 6) is 1.05. The van der Waals surface area contributed by atoms with Gasteiger partial charge in [-0.15, -0.1) is 0 Å². The molecule has 0 spiro atoms. The summed E-state index contributed by atoms with van der Waals surface area (Å²) in [7, 11) is 0. The van der Waals surface area contributed by atoms with Crippen LogP contribution in [0.5, 0.6) is 0 Å². The summed E-state index contributed by atoms with van der Waals surface area (Å²) in [5, 5.41) is 3.48. The Bertz CT molecular complexity index is 234. The molecule has 0 bridgehead atoms. The molecule has 0 saturated carbocycles. The van der Waals surface area contributed by atoms with Gasteiger partial charge in [0.25, 0.3) is 0 Å². The normalized spacial score (nSPS) is 12.9. The van der Waals surface area contributed by atoms with Crippen LogP contribution in [0, 0.1) is 0 Å². The molecule has 1 heterocycles. The maximum atomic E-state index is 5.43. The highest BCUT2D eigenvalue weighted by atomic mass is 16.3. The van der Waals surface area contributed by atoms with Gasteiger partial charge in [-0.3, -0.25) is 0 Å². The van der Waals surface area contributed by atoms with Gasteiger partial charge in [-0.1, -0.05) is 6.42 Å². The Balaban J connectivity index is 2.01. The van der Waals surface area contributed by atoms with Gasteiger partial charge < -0.3 is 15.5 Å². The molecule has 3 heteroatoms. The monoisotopic (exact) mass is 210 g/mol. The zero-order chi connectivity index (χ0) is 10.9. The van der Waals surface area contributed by atoms with Crippen LogP contribution in [0.3, 0.4) is 0 Å². The van der Waals surface area contributed by atoms with Crippen LogP contribution in [0.25, 0.3) is 0 Å². The lowest BCUT2D eigenvalue weighted by Gasteiger charge is -2.11. The minimum absolute atomic E-state index is 0.481. The third-order valence-electron chi connectivity index (χ3n) is 2.46. The van der Waals surface area contributed by atoms with Gasteiger partial charge in [-0.05, 0) is 45.0 Å². The highest BCUT2D eigenvalue weighted by molar-refractivity contribution is 4.99. The first-order chi connectivity index (χ1) is 7.33. The van der Waals surface area contributed by atoms with Crippen molar-refractivity contribution >= 4 is 0 Å². The van der Waals surface area contributed by atoms with Crippen LogP contribution in [0.4, 0.5) is 0 Å². The molecule has 0 aliphatic rings. The largest absolute Gasteiger partial charge is 0.469 e. The number of hydrogen-bond donors (Lipinski definition) is 2. The molecule has 0 aromatic carbocycles. The van der Waals surface area contributed by atoms with Crippen molar-refractivity contribution in [1.29, 1.82) is 0 Å². The lowest BCUT2D eigenvalue weighted by molar-refractivity contribution is 0.452. The Kier molecular flexibility index (Phi) is 6.12. The smallest absolute Gasteiger partial charge is 0.105 e. The molecule has 3 N–H and O–H groups in total. The second-order valence-electron chi connectivity index (χ2n) is 3.99. The Morgan fingerprint density at radius 1 is 1.40 bits per heavy atom. The van der Waals surface area contributed by atoms with E-state index in [0.29, 0.717) is 6.04 Å². The average molecular weight is 210 g/mol. The molecular formula is C12H22N2O. The van der Waals surface area contributed by atoms with E-state index < -0.39 is 0 Å². The Morgan fingerprint density at radius 2 is 2.27 bits per heavy atom. The number of furan rings is 1. The third kappa shape index (κ3) is 5.60. The lowest BCUT2D eigenvalue weighted by Crippen LogP contribution is -2.28. The van der Waals surface area contributed by atoms with Crippen molar-refractivity contribution in [2.45, 2.75) is 38.6 Å². The first-order valence-corrected chi connectivity index (χ1v) is 5.78. The van der Waals surface area contributed by atoms with E-state index in [2.05, 4.69) is 12.2 Å². The van der Waals surface area contributed by atoms with Crippen LogP contribution in [0.15, 0.2) is 22.8 Å². The maximum Gasteiger partial charge on any atom is 0.105 e. The Morgan fingerprint density at radius 3 is 2.93 bits per heavy atom. The molecule has 0 saturated heterocycles. The zero-order valence-corrected chi connectivity index (χ0v) is 9.54. The van der Waals surface area contributed by atoms with Gasteiger partial charge in [-0.2, -0.15) is 0 Å². The predicted octanol–water partition coefficient (Wildman–Crippen LogP) is 1.93. The zero-order valence-electron chi connectivity index (χ0n) is 9.54. The van der Waals surface area contributed by atoms with Gasteiger partial charge in [0.2, 0.25) is 0 Å². The van der Waals surface area contributed by atoms with E-state index in [4.69, 9.17) is 10.2 Å². The molecule has 15 heavy (non-hydrogen) atoms. The fourth-order valence-corrected chi connectivity index (χ4v) is 1.60. The summed E-state index contributed by atoms with van der Waals surface area (Å²) >= 11 is 0. The number of unbranched alkanes of at least 4 members (excludes halogenated alkanes) is 2. The van der Waals surface area contributed by atoms with Gasteiger partial charge in [0, 0.05) is 12.5 Å². The Labute approximate surface area is 92.0 Å². The van der Waals surface area contributed by atoms with E-state index in [1.807, 2.05) is 12.1 Å². The minimum atomic E-state index is 0.481. The summed E-state index contributed by atoms with van der Waals surface area (Å²) < 4.78 is 5.29. The Hall–Kier alpha value is -0.800. The van der Waals surface area contributed by atoms with Gasteiger partial charge >= 0.3 is 0 Å². The molecule has 1 aromatic rings. The standard InChI is InChI=1S/C12H22N2O/c1-11(10-12-6-5-9-15-12)14-8-4-2-3-7-13/h5-6,9,11,14H,2-4,7-8,10,13H2,1H3. The van der Waals surface area contributed by atoms with Crippen LogP contribution in [0.1, 0.15) is 31.9 Å². The van der Waals surface area contributed by atoms with Gasteiger partial charge in [0.1, 0.15) is 5.76 Å². The van der Waals surface area contributed by atoms with Crippen molar-refractivity contribution in [3.63, 3.8) is 0 Å². The van der Waals surface area contributed by atoms with Gasteiger partial charge in [0.15, 0.2) is 0 Å². The van der Waals surface area contributed by atoms with E-state index in [9.17, 15) is 0 Å². The summed E-state index contributed by atoms with van der Waals surface area (Å²) in [6.45, 7) is 4.06. The summed E-state index contributed by atoms with van der Waals surface area (Å²) in [6, 6.07) is 4.43. The molecule has 3 nitrogen and oxygen atoms in total. The molecule has 0 fully saturated rings. The first-order valence-electron chi connectivity index (χ1n) is 5.78. The van der Waals surface area contributed by atoms with E-state index >= 15 is 0 Å². The number of rotatable bonds is 8. The predicted molar refractivity (Wildman–Crippen MR) is 62.8 cm³/mol. The second-order valence-corrected chi connectivity index (χ2v) is 3.99. The minimum Gasteiger partial charge on any atom is -0.469 e. The van der Waals surface area contributed by atoms with Crippen molar-refractivity contribution < 1.29 is 4.42 Å². The van der Waals surface area contributed by atoms with Crippen molar-refractivity contribution in [3.8, 4) is 0 Å². The number of nitrogens with two attached hydrogens (primary N) is 1. The van der Waals surface area contributed by atoms with E-state index in [0.717, 1.165) is 31.7 Å². The highest BCUT2D eigenvalue weighted by Gasteiger charge is 2.03. The van der Waals surface area contributed by atoms with Crippen molar-refractivity contribution in [2.24, 2.45) is 5.73 Å². The first kappa shape index (κ1) is 12.3. The number of nitrogens with one attached hydrogen (secondary N) is 1. The highest BCUT2D eigenvalue weighted by Crippen LogP contribution is 2.03. The molecule has 1 unspecified atom stereocenters. The fraction of sp³-hybridized carbons (Fsp3) is 0.667. The lowest BCUT2D eigenvalue weighted by atomic mass is 10.2. The van der Waals surface area contributed by atoms with Crippen molar-refractivity contribution in [1.82, 2.24) is 5.32 Å². The topological polar surface area (TPSA) is 51.2 Å². The third-order valence-corrected chi connectivity index (χ3v) is 2.46. The summed E-state index contributed by atoms with van der Waals surface area (Å²) in [5.41, 5.74) is 5.43. The van der Waals surface area contributed by atoms with Gasteiger partial charge in [0.05, 0.1) is 6.26 Å². The summed E-state index contributed by atoms with van der Waals surface area (Å²) in [6.07, 6.45) is 6.25. The summed E-state index contributed by atoms with van der Waals surface area (Å²) in [4.78, 5) is 0. The quantitative estimate of drug-likeness (QED) is 0.645. The molecule has 1 rings (SSSR count). The van der Waals surface area contributed by atoms with Crippen LogP contribution in [-0.4, -0.2) is 19.1 Å². The fourth-order valence-electron chi connectivity index (χ4n) is 1.60. The molecule has 0 aliphatic heterocycles. The molecule has 0 amide bonds. The van der Waals surface area contributed by atoms with E-state index in [1.54, 1.807) is 6.26 Å². The maximum absolute atomic E-state index is 5.43. The van der Waals surface area contributed by atoms with Crippen LogP contribution < -0.4 is 11.1 Å². The molecule has 1 atom stereocenters. The molecule has 1 aromatic heterocycles. The average Bonchev–Trinajstić information content (AvgIpc) is 2.70.